The first kappa shape index (κ1) is 13.7. The molecule has 1 aromatic carbocycles. The van der Waals surface area contributed by atoms with Gasteiger partial charge >= 0.3 is 0 Å². The molecule has 2 rings (SSSR count). The molecule has 0 saturated heterocycles. The van der Waals surface area contributed by atoms with Crippen LogP contribution in [0.5, 0.6) is 5.75 Å². The lowest BCUT2D eigenvalue weighted by atomic mass is 10.1. The molecule has 1 N–H and O–H groups in total. The SMILES string of the molecule is OCc1cc(Br)ccc1OCC1CCC(F)(F)C1. The molecule has 100 valence electrons. The molecule has 1 atom stereocenters. The van der Waals surface area contributed by atoms with E-state index in [2.05, 4.69) is 15.9 Å². The molecule has 1 aliphatic rings. The average molecular weight is 321 g/mol. The maximum absolute atomic E-state index is 13.0. The van der Waals surface area contributed by atoms with Gasteiger partial charge in [0.1, 0.15) is 5.75 Å². The summed E-state index contributed by atoms with van der Waals surface area (Å²) >= 11 is 3.30. The van der Waals surface area contributed by atoms with Crippen molar-refractivity contribution >= 4 is 15.9 Å². The molecule has 0 radical (unpaired) electrons. The predicted octanol–water partition coefficient (Wildman–Crippen LogP) is 3.76. The van der Waals surface area contributed by atoms with E-state index in [1.807, 2.05) is 0 Å². The van der Waals surface area contributed by atoms with Crippen LogP contribution in [0.25, 0.3) is 0 Å². The van der Waals surface area contributed by atoms with Gasteiger partial charge in [-0.25, -0.2) is 8.78 Å². The minimum Gasteiger partial charge on any atom is -0.493 e. The van der Waals surface area contributed by atoms with Crippen LogP contribution in [0.2, 0.25) is 0 Å². The zero-order chi connectivity index (χ0) is 13.2. The molecule has 0 aliphatic heterocycles. The van der Waals surface area contributed by atoms with E-state index in [9.17, 15) is 13.9 Å². The van der Waals surface area contributed by atoms with Crippen molar-refractivity contribution in [3.8, 4) is 5.75 Å². The molecule has 1 aromatic rings. The topological polar surface area (TPSA) is 29.5 Å². The summed E-state index contributed by atoms with van der Waals surface area (Å²) in [6.07, 6.45) is 0.351. The Bertz CT molecular complexity index is 423. The Balaban J connectivity index is 1.94. The van der Waals surface area contributed by atoms with Gasteiger partial charge in [0.25, 0.3) is 0 Å². The zero-order valence-corrected chi connectivity index (χ0v) is 11.4. The van der Waals surface area contributed by atoms with Crippen LogP contribution >= 0.6 is 15.9 Å². The van der Waals surface area contributed by atoms with E-state index in [0.717, 1.165) is 4.47 Å². The zero-order valence-electron chi connectivity index (χ0n) is 9.83. The summed E-state index contributed by atoms with van der Waals surface area (Å²) in [5.41, 5.74) is 0.661. The van der Waals surface area contributed by atoms with Crippen molar-refractivity contribution in [3.05, 3.63) is 28.2 Å². The molecule has 1 fully saturated rings. The van der Waals surface area contributed by atoms with Crippen LogP contribution in [-0.4, -0.2) is 17.6 Å². The standard InChI is InChI=1S/C13H15BrF2O2/c14-11-1-2-12(10(5-11)7-17)18-8-9-3-4-13(15,16)6-9/h1-2,5,9,17H,3-4,6-8H2. The van der Waals surface area contributed by atoms with Gasteiger partial charge in [-0.15, -0.1) is 0 Å². The molecule has 0 heterocycles. The van der Waals surface area contributed by atoms with Crippen molar-refractivity contribution in [3.63, 3.8) is 0 Å². The minimum atomic E-state index is -2.53. The Kier molecular flexibility index (Phi) is 4.22. The van der Waals surface area contributed by atoms with Gasteiger partial charge in [-0.1, -0.05) is 15.9 Å². The van der Waals surface area contributed by atoms with Crippen molar-refractivity contribution in [1.29, 1.82) is 0 Å². The van der Waals surface area contributed by atoms with Crippen LogP contribution in [0.3, 0.4) is 0 Å². The van der Waals surface area contributed by atoms with E-state index in [-0.39, 0.29) is 32.0 Å². The lowest BCUT2D eigenvalue weighted by Crippen LogP contribution is -2.14. The first-order valence-electron chi connectivity index (χ1n) is 5.90. The Morgan fingerprint density at radius 2 is 2.22 bits per heavy atom. The summed E-state index contributed by atoms with van der Waals surface area (Å²) in [6, 6.07) is 5.30. The number of benzene rings is 1. The van der Waals surface area contributed by atoms with Gasteiger partial charge < -0.3 is 9.84 Å². The Hall–Kier alpha value is -0.680. The number of rotatable bonds is 4. The van der Waals surface area contributed by atoms with Gasteiger partial charge in [0, 0.05) is 22.9 Å². The summed E-state index contributed by atoms with van der Waals surface area (Å²) in [5.74, 6) is -2.07. The van der Waals surface area contributed by atoms with E-state index >= 15 is 0 Å². The molecule has 0 aromatic heterocycles. The van der Waals surface area contributed by atoms with Gasteiger partial charge in [-0.05, 0) is 30.5 Å². The highest BCUT2D eigenvalue weighted by Crippen LogP contribution is 2.39. The lowest BCUT2D eigenvalue weighted by molar-refractivity contribution is 0.00288. The van der Waals surface area contributed by atoms with Crippen molar-refractivity contribution in [2.24, 2.45) is 5.92 Å². The lowest BCUT2D eigenvalue weighted by Gasteiger charge is -2.14. The van der Waals surface area contributed by atoms with Crippen LogP contribution in [0, 0.1) is 5.92 Å². The molecule has 18 heavy (non-hydrogen) atoms. The Morgan fingerprint density at radius 1 is 1.44 bits per heavy atom. The van der Waals surface area contributed by atoms with Gasteiger partial charge in [0.15, 0.2) is 0 Å². The molecule has 5 heteroatoms. The van der Waals surface area contributed by atoms with E-state index in [1.54, 1.807) is 18.2 Å². The minimum absolute atomic E-state index is 0.0474. The fraction of sp³-hybridized carbons (Fsp3) is 0.538. The van der Waals surface area contributed by atoms with Crippen LogP contribution in [0.1, 0.15) is 24.8 Å². The summed E-state index contributed by atoms with van der Waals surface area (Å²) in [6.45, 7) is 0.153. The third kappa shape index (κ3) is 3.42. The smallest absolute Gasteiger partial charge is 0.248 e. The highest BCUT2D eigenvalue weighted by molar-refractivity contribution is 9.10. The van der Waals surface area contributed by atoms with Crippen LogP contribution in [0.4, 0.5) is 8.78 Å². The predicted molar refractivity (Wildman–Crippen MR) is 67.8 cm³/mol. The largest absolute Gasteiger partial charge is 0.493 e. The highest BCUT2D eigenvalue weighted by Gasteiger charge is 2.39. The number of ether oxygens (including phenoxy) is 1. The molecular formula is C13H15BrF2O2. The number of aliphatic hydroxyl groups is 1. The van der Waals surface area contributed by atoms with Crippen LogP contribution in [-0.2, 0) is 6.61 Å². The molecular weight excluding hydrogens is 306 g/mol. The average Bonchev–Trinajstić information content (AvgIpc) is 2.67. The van der Waals surface area contributed by atoms with Crippen LogP contribution < -0.4 is 4.74 Å². The van der Waals surface area contributed by atoms with Gasteiger partial charge in [-0.2, -0.15) is 0 Å². The van der Waals surface area contributed by atoms with Gasteiger partial charge in [-0.3, -0.25) is 0 Å². The number of hydrogen-bond acceptors (Lipinski definition) is 2. The third-order valence-electron chi connectivity index (χ3n) is 3.17. The first-order chi connectivity index (χ1) is 8.50. The Morgan fingerprint density at radius 3 is 2.83 bits per heavy atom. The quantitative estimate of drug-likeness (QED) is 0.915. The first-order valence-corrected chi connectivity index (χ1v) is 6.69. The molecule has 0 amide bonds. The molecule has 1 aliphatic carbocycles. The van der Waals surface area contributed by atoms with Crippen LogP contribution in [0.15, 0.2) is 22.7 Å². The summed E-state index contributed by atoms with van der Waals surface area (Å²) in [7, 11) is 0. The monoisotopic (exact) mass is 320 g/mol. The molecule has 1 saturated carbocycles. The number of hydrogen-bond donors (Lipinski definition) is 1. The van der Waals surface area contributed by atoms with Gasteiger partial charge in [0.05, 0.1) is 13.2 Å². The molecule has 1 unspecified atom stereocenters. The van der Waals surface area contributed by atoms with E-state index in [0.29, 0.717) is 17.7 Å². The fourth-order valence-corrected chi connectivity index (χ4v) is 2.61. The van der Waals surface area contributed by atoms with Crippen molar-refractivity contribution in [2.45, 2.75) is 31.8 Å². The summed E-state index contributed by atoms with van der Waals surface area (Å²) in [5, 5.41) is 9.20. The Labute approximate surface area is 113 Å². The fourth-order valence-electron chi connectivity index (χ4n) is 2.20. The highest BCUT2D eigenvalue weighted by atomic mass is 79.9. The maximum atomic E-state index is 13.0. The second kappa shape index (κ2) is 5.53. The number of aliphatic hydroxyl groups excluding tert-OH is 1. The van der Waals surface area contributed by atoms with E-state index < -0.39 is 5.92 Å². The van der Waals surface area contributed by atoms with Crippen molar-refractivity contribution in [1.82, 2.24) is 0 Å². The van der Waals surface area contributed by atoms with E-state index in [1.165, 1.54) is 0 Å². The molecule has 0 bridgehead atoms. The van der Waals surface area contributed by atoms with E-state index in [4.69, 9.17) is 4.74 Å². The second-order valence-electron chi connectivity index (χ2n) is 4.69. The van der Waals surface area contributed by atoms with Crippen molar-refractivity contribution < 1.29 is 18.6 Å². The summed E-state index contributed by atoms with van der Waals surface area (Å²) < 4.78 is 32.4. The summed E-state index contributed by atoms with van der Waals surface area (Å²) in [4.78, 5) is 0. The second-order valence-corrected chi connectivity index (χ2v) is 5.60. The molecule has 0 spiro atoms. The van der Waals surface area contributed by atoms with Gasteiger partial charge in [0.2, 0.25) is 5.92 Å². The third-order valence-corrected chi connectivity index (χ3v) is 3.67. The normalized spacial score (nSPS) is 22.1. The van der Waals surface area contributed by atoms with Crippen molar-refractivity contribution in [2.75, 3.05) is 6.61 Å². The number of halogens is 3. The molecule has 2 nitrogen and oxygen atoms in total. The number of alkyl halides is 2. The maximum Gasteiger partial charge on any atom is 0.248 e.